The average molecular weight is 282 g/mol. The predicted octanol–water partition coefficient (Wildman–Crippen LogP) is 3.12. The van der Waals surface area contributed by atoms with Crippen LogP contribution in [0.3, 0.4) is 0 Å². The van der Waals surface area contributed by atoms with E-state index < -0.39 is 5.60 Å². The molecule has 19 heavy (non-hydrogen) atoms. The largest absolute Gasteiger partial charge is 0.372 e. The highest BCUT2D eigenvalue weighted by atomic mass is 35.5. The Morgan fingerprint density at radius 3 is 2.79 bits per heavy atom. The number of hydrogen-bond donors (Lipinski definition) is 1. The van der Waals surface area contributed by atoms with E-state index in [9.17, 15) is 4.79 Å². The van der Waals surface area contributed by atoms with Crippen LogP contribution in [-0.4, -0.2) is 19.6 Å². The molecule has 2 rings (SSSR count). The maximum Gasteiger partial charge on any atom is 0.223 e. The number of benzene rings is 1. The number of halogens is 1. The number of carbonyl (C=O) groups is 1. The molecule has 1 aliphatic rings. The minimum Gasteiger partial charge on any atom is -0.372 e. The number of amides is 1. The van der Waals surface area contributed by atoms with Gasteiger partial charge in [0.15, 0.2) is 0 Å². The first-order valence-corrected chi connectivity index (χ1v) is 7.02. The summed E-state index contributed by atoms with van der Waals surface area (Å²) in [7, 11) is 1.65. The molecule has 1 aromatic rings. The minimum atomic E-state index is -0.551. The Labute approximate surface area is 119 Å². The highest BCUT2D eigenvalue weighted by molar-refractivity contribution is 6.30. The molecule has 1 atom stereocenters. The quantitative estimate of drug-likeness (QED) is 0.900. The van der Waals surface area contributed by atoms with Gasteiger partial charge in [0.25, 0.3) is 0 Å². The second kappa shape index (κ2) is 5.93. The molecule has 0 saturated heterocycles. The van der Waals surface area contributed by atoms with Gasteiger partial charge in [-0.05, 0) is 37.5 Å². The topological polar surface area (TPSA) is 38.3 Å². The van der Waals surface area contributed by atoms with Crippen LogP contribution in [0.1, 0.15) is 31.7 Å². The Balaban J connectivity index is 2.03. The molecule has 1 N–H and O–H groups in total. The van der Waals surface area contributed by atoms with Crippen LogP contribution in [0.2, 0.25) is 5.02 Å². The van der Waals surface area contributed by atoms with Crippen molar-refractivity contribution in [3.63, 3.8) is 0 Å². The van der Waals surface area contributed by atoms with Gasteiger partial charge in [0.05, 0.1) is 6.54 Å². The van der Waals surface area contributed by atoms with E-state index in [-0.39, 0.29) is 11.8 Å². The first-order valence-electron chi connectivity index (χ1n) is 6.64. The summed E-state index contributed by atoms with van der Waals surface area (Å²) in [5.74, 6) is 0.331. The summed E-state index contributed by atoms with van der Waals surface area (Å²) in [6.07, 6.45) is 3.17. The minimum absolute atomic E-state index is 0.136. The molecule has 1 amide bonds. The summed E-state index contributed by atoms with van der Waals surface area (Å²) in [5.41, 5.74) is 0.418. The zero-order chi connectivity index (χ0) is 13.9. The number of ether oxygens (including phenoxy) is 1. The lowest BCUT2D eigenvalue weighted by Gasteiger charge is -2.31. The van der Waals surface area contributed by atoms with Gasteiger partial charge in [-0.3, -0.25) is 4.79 Å². The van der Waals surface area contributed by atoms with Gasteiger partial charge in [0, 0.05) is 18.1 Å². The van der Waals surface area contributed by atoms with Crippen molar-refractivity contribution in [2.24, 2.45) is 5.92 Å². The molecule has 0 radical (unpaired) electrons. The third-order valence-electron chi connectivity index (χ3n) is 3.96. The van der Waals surface area contributed by atoms with Gasteiger partial charge in [-0.2, -0.15) is 0 Å². The third kappa shape index (κ3) is 3.28. The van der Waals surface area contributed by atoms with Crippen LogP contribution in [0.15, 0.2) is 24.3 Å². The molecule has 0 aromatic heterocycles. The van der Waals surface area contributed by atoms with Crippen LogP contribution < -0.4 is 5.32 Å². The zero-order valence-electron chi connectivity index (χ0n) is 11.4. The fourth-order valence-corrected chi connectivity index (χ4v) is 2.37. The van der Waals surface area contributed by atoms with Gasteiger partial charge in [0.2, 0.25) is 5.91 Å². The van der Waals surface area contributed by atoms with Crippen molar-refractivity contribution in [1.82, 2.24) is 5.32 Å². The van der Waals surface area contributed by atoms with E-state index in [2.05, 4.69) is 5.32 Å². The van der Waals surface area contributed by atoms with E-state index in [0.717, 1.165) is 24.8 Å². The molecule has 1 saturated carbocycles. The summed E-state index contributed by atoms with van der Waals surface area (Å²) < 4.78 is 5.59. The van der Waals surface area contributed by atoms with Crippen LogP contribution in [0.5, 0.6) is 0 Å². The first kappa shape index (κ1) is 14.4. The van der Waals surface area contributed by atoms with Crippen molar-refractivity contribution in [2.75, 3.05) is 13.7 Å². The SMILES string of the molecule is CO[C@@](C)(CNC(=O)C1CCC1)c1cccc(Cl)c1. The molecule has 1 fully saturated rings. The van der Waals surface area contributed by atoms with Gasteiger partial charge in [-0.25, -0.2) is 0 Å². The van der Waals surface area contributed by atoms with Gasteiger partial charge in [-0.1, -0.05) is 30.2 Å². The maximum atomic E-state index is 11.9. The fraction of sp³-hybridized carbons (Fsp3) is 0.533. The van der Waals surface area contributed by atoms with Crippen LogP contribution in [0.25, 0.3) is 0 Å². The fourth-order valence-electron chi connectivity index (χ4n) is 2.18. The number of rotatable bonds is 5. The van der Waals surface area contributed by atoms with Gasteiger partial charge in [0.1, 0.15) is 5.60 Å². The second-order valence-electron chi connectivity index (χ2n) is 5.29. The summed E-state index contributed by atoms with van der Waals surface area (Å²) in [6, 6.07) is 7.56. The Kier molecular flexibility index (Phi) is 4.48. The highest BCUT2D eigenvalue weighted by Crippen LogP contribution is 2.28. The van der Waals surface area contributed by atoms with Crippen LogP contribution in [-0.2, 0) is 15.1 Å². The molecule has 0 spiro atoms. The summed E-state index contributed by atoms with van der Waals surface area (Å²) in [5, 5.41) is 3.66. The Morgan fingerprint density at radius 1 is 1.53 bits per heavy atom. The highest BCUT2D eigenvalue weighted by Gasteiger charge is 2.30. The van der Waals surface area contributed by atoms with E-state index in [1.807, 2.05) is 31.2 Å². The molecule has 1 aromatic carbocycles. The number of carbonyl (C=O) groups excluding carboxylic acids is 1. The lowest BCUT2D eigenvalue weighted by molar-refractivity contribution is -0.129. The van der Waals surface area contributed by atoms with Gasteiger partial charge in [-0.15, -0.1) is 0 Å². The van der Waals surface area contributed by atoms with Gasteiger partial charge >= 0.3 is 0 Å². The van der Waals surface area contributed by atoms with Crippen molar-refractivity contribution in [2.45, 2.75) is 31.8 Å². The van der Waals surface area contributed by atoms with E-state index in [0.29, 0.717) is 11.6 Å². The van der Waals surface area contributed by atoms with Crippen molar-refractivity contribution in [3.8, 4) is 0 Å². The van der Waals surface area contributed by atoms with Crippen molar-refractivity contribution in [3.05, 3.63) is 34.9 Å². The zero-order valence-corrected chi connectivity index (χ0v) is 12.2. The standard InChI is InChI=1S/C15H20ClNO2/c1-15(19-2,12-7-4-8-13(16)9-12)10-17-14(18)11-5-3-6-11/h4,7-9,11H,3,5-6,10H2,1-2H3,(H,17,18)/t15-/m0/s1. The molecule has 0 heterocycles. The van der Waals surface area contributed by atoms with Crippen LogP contribution in [0, 0.1) is 5.92 Å². The normalized spacial score (nSPS) is 18.5. The van der Waals surface area contributed by atoms with E-state index in [1.165, 1.54) is 0 Å². The Morgan fingerprint density at radius 2 is 2.26 bits per heavy atom. The van der Waals surface area contributed by atoms with Crippen molar-refractivity contribution in [1.29, 1.82) is 0 Å². The van der Waals surface area contributed by atoms with Crippen LogP contribution >= 0.6 is 11.6 Å². The number of hydrogen-bond acceptors (Lipinski definition) is 2. The molecular weight excluding hydrogens is 262 g/mol. The average Bonchev–Trinajstić information content (AvgIpc) is 2.34. The molecule has 3 nitrogen and oxygen atoms in total. The molecule has 1 aliphatic carbocycles. The number of nitrogens with one attached hydrogen (secondary N) is 1. The smallest absolute Gasteiger partial charge is 0.223 e. The third-order valence-corrected chi connectivity index (χ3v) is 4.20. The van der Waals surface area contributed by atoms with Crippen molar-refractivity contribution < 1.29 is 9.53 Å². The second-order valence-corrected chi connectivity index (χ2v) is 5.73. The molecule has 0 aliphatic heterocycles. The molecule has 104 valence electrons. The summed E-state index contributed by atoms with van der Waals surface area (Å²) in [4.78, 5) is 11.9. The first-order chi connectivity index (χ1) is 9.05. The lowest BCUT2D eigenvalue weighted by atomic mass is 9.84. The molecule has 4 heteroatoms. The Hall–Kier alpha value is -1.06. The van der Waals surface area contributed by atoms with E-state index >= 15 is 0 Å². The van der Waals surface area contributed by atoms with E-state index in [1.54, 1.807) is 7.11 Å². The monoisotopic (exact) mass is 281 g/mol. The van der Waals surface area contributed by atoms with Crippen LogP contribution in [0.4, 0.5) is 0 Å². The Bertz CT molecular complexity index is 459. The van der Waals surface area contributed by atoms with Crippen molar-refractivity contribution >= 4 is 17.5 Å². The molecular formula is C15H20ClNO2. The number of methoxy groups -OCH3 is 1. The summed E-state index contributed by atoms with van der Waals surface area (Å²) >= 11 is 6.01. The summed E-state index contributed by atoms with van der Waals surface area (Å²) in [6.45, 7) is 2.42. The molecule has 0 bridgehead atoms. The lowest BCUT2D eigenvalue weighted by Crippen LogP contribution is -2.43. The predicted molar refractivity (Wildman–Crippen MR) is 76.2 cm³/mol. The molecule has 0 unspecified atom stereocenters. The maximum absolute atomic E-state index is 11.9. The van der Waals surface area contributed by atoms with E-state index in [4.69, 9.17) is 16.3 Å². The van der Waals surface area contributed by atoms with Gasteiger partial charge < -0.3 is 10.1 Å².